The zero-order chi connectivity index (χ0) is 34.3. The number of aromatic nitrogens is 2. The highest BCUT2D eigenvalue weighted by Crippen LogP contribution is 2.35. The van der Waals surface area contributed by atoms with Crippen molar-refractivity contribution in [3.05, 3.63) is 78.2 Å². The number of nitrogens with zero attached hydrogens (tertiary/aromatic N) is 4. The lowest BCUT2D eigenvalue weighted by Crippen LogP contribution is -2.54. The molecular weight excluding hydrogens is 631 g/mol. The Balaban J connectivity index is 0.000000582. The monoisotopic (exact) mass is 671 g/mol. The molecule has 3 heterocycles. The highest BCUT2D eigenvalue weighted by molar-refractivity contribution is 5.98. The van der Waals surface area contributed by atoms with E-state index in [-0.39, 0.29) is 30.5 Å². The molecule has 3 fully saturated rings. The van der Waals surface area contributed by atoms with Crippen LogP contribution in [0.2, 0.25) is 0 Å². The van der Waals surface area contributed by atoms with Gasteiger partial charge in [0.15, 0.2) is 5.69 Å². The summed E-state index contributed by atoms with van der Waals surface area (Å²) in [5.41, 5.74) is 2.32. The average molecular weight is 672 g/mol. The number of piperazine rings is 1. The zero-order valence-electron chi connectivity index (χ0n) is 26.4. The number of carboxylic acid groups (broad SMARTS) is 1. The third-order valence-electron chi connectivity index (χ3n) is 9.07. The minimum Gasteiger partial charge on any atom is -0.475 e. The summed E-state index contributed by atoms with van der Waals surface area (Å²) in [5, 5.41) is 22.3. The predicted molar refractivity (Wildman–Crippen MR) is 169 cm³/mol. The first kappa shape index (κ1) is 35.0. The van der Waals surface area contributed by atoms with Gasteiger partial charge in [0, 0.05) is 43.8 Å². The predicted octanol–water partition coefficient (Wildman–Crippen LogP) is 3.37. The summed E-state index contributed by atoms with van der Waals surface area (Å²) in [6.45, 7) is 3.76. The summed E-state index contributed by atoms with van der Waals surface area (Å²) in [7, 11) is 0. The average Bonchev–Trinajstić information content (AvgIpc) is 3.49. The number of morpholine rings is 1. The molecule has 0 unspecified atom stereocenters. The molecule has 14 heteroatoms. The lowest BCUT2D eigenvalue weighted by Gasteiger charge is -2.42. The van der Waals surface area contributed by atoms with E-state index in [2.05, 4.69) is 22.4 Å². The maximum absolute atomic E-state index is 14.1. The van der Waals surface area contributed by atoms with E-state index in [1.165, 1.54) is 5.56 Å². The van der Waals surface area contributed by atoms with E-state index < -0.39 is 17.7 Å². The van der Waals surface area contributed by atoms with Crippen LogP contribution < -0.4 is 5.32 Å². The summed E-state index contributed by atoms with van der Waals surface area (Å²) >= 11 is 0. The van der Waals surface area contributed by atoms with E-state index >= 15 is 0 Å². The van der Waals surface area contributed by atoms with Crippen LogP contribution in [0.1, 0.15) is 41.7 Å². The maximum atomic E-state index is 14.1. The SMILES string of the molecule is O=C(O)C(F)(F)F.O=C(c1ncn(C[C@]2(O)CC[C@@H](N3CCOCC3=O)CC2)c1-c1ccccc1)N1CCNC[C@H]1Cc1ccccc1. The van der Waals surface area contributed by atoms with Gasteiger partial charge in [0.05, 0.1) is 30.8 Å². The van der Waals surface area contributed by atoms with Gasteiger partial charge in [0.25, 0.3) is 5.91 Å². The van der Waals surface area contributed by atoms with Crippen molar-refractivity contribution in [1.29, 1.82) is 0 Å². The van der Waals surface area contributed by atoms with E-state index in [9.17, 15) is 27.9 Å². The molecule has 3 aliphatic rings. The third kappa shape index (κ3) is 8.60. The summed E-state index contributed by atoms with van der Waals surface area (Å²) < 4.78 is 39.0. The molecule has 2 amide bonds. The Labute approximate surface area is 276 Å². The number of carbonyl (C=O) groups excluding carboxylic acids is 2. The van der Waals surface area contributed by atoms with Crippen molar-refractivity contribution in [2.45, 2.75) is 62.5 Å². The number of benzene rings is 2. The van der Waals surface area contributed by atoms with E-state index in [0.29, 0.717) is 44.8 Å². The molecule has 1 atom stereocenters. The van der Waals surface area contributed by atoms with Crippen LogP contribution in [0.3, 0.4) is 0 Å². The summed E-state index contributed by atoms with van der Waals surface area (Å²) in [6, 6.07) is 20.3. The Kier molecular flexibility index (Phi) is 11.2. The molecule has 2 aromatic carbocycles. The highest BCUT2D eigenvalue weighted by atomic mass is 19.4. The van der Waals surface area contributed by atoms with Gasteiger partial charge in [-0.2, -0.15) is 13.2 Å². The van der Waals surface area contributed by atoms with Crippen molar-refractivity contribution < 1.29 is 42.5 Å². The highest BCUT2D eigenvalue weighted by Gasteiger charge is 2.40. The number of hydrogen-bond acceptors (Lipinski definition) is 7. The summed E-state index contributed by atoms with van der Waals surface area (Å²) in [5.74, 6) is -2.80. The van der Waals surface area contributed by atoms with Crippen molar-refractivity contribution in [2.75, 3.05) is 39.4 Å². The number of aliphatic carboxylic acids is 1. The van der Waals surface area contributed by atoms with Crippen molar-refractivity contribution >= 4 is 17.8 Å². The lowest BCUT2D eigenvalue weighted by atomic mass is 9.81. The molecular formula is C34H40F3N5O6. The third-order valence-corrected chi connectivity index (χ3v) is 9.07. The Morgan fingerprint density at radius 3 is 2.29 bits per heavy atom. The van der Waals surface area contributed by atoms with Crippen molar-refractivity contribution in [3.63, 3.8) is 0 Å². The number of imidazole rings is 1. The summed E-state index contributed by atoms with van der Waals surface area (Å²) in [4.78, 5) is 44.0. The molecule has 1 aliphatic carbocycles. The number of nitrogens with one attached hydrogen (secondary N) is 1. The number of amides is 2. The first-order valence-corrected chi connectivity index (χ1v) is 16.0. The smallest absolute Gasteiger partial charge is 0.475 e. The van der Waals surface area contributed by atoms with Crippen molar-refractivity contribution in [2.24, 2.45) is 0 Å². The first-order chi connectivity index (χ1) is 22.9. The minimum absolute atomic E-state index is 0.0229. The molecule has 11 nitrogen and oxygen atoms in total. The van der Waals surface area contributed by atoms with Crippen LogP contribution in [0.4, 0.5) is 13.2 Å². The molecule has 0 spiro atoms. The molecule has 6 rings (SSSR count). The van der Waals surface area contributed by atoms with Crippen LogP contribution in [0.5, 0.6) is 0 Å². The molecule has 258 valence electrons. The maximum Gasteiger partial charge on any atom is 0.490 e. The normalized spacial score (nSPS) is 23.3. The standard InChI is InChI=1S/C32H39N5O4.C2HF3O2/c38-28-21-41-18-17-36(28)26-11-13-32(40,14-12-26)22-35-23-34-29(30(35)25-9-5-2-6-10-25)31(39)37-16-15-33-20-27(37)19-24-7-3-1-4-8-24;3-2(4,5)1(6)7/h1-10,23,26-27,33,40H,11-22H2;(H,6,7)/t26-,27-,32+;/m1./s1. The molecule has 3 aromatic rings. The Hall–Kier alpha value is -4.27. The fourth-order valence-electron chi connectivity index (χ4n) is 6.63. The topological polar surface area (TPSA) is 137 Å². The van der Waals surface area contributed by atoms with Crippen LogP contribution in [-0.2, 0) is 27.3 Å². The number of alkyl halides is 3. The fraction of sp³-hybridized carbons (Fsp3) is 0.471. The lowest BCUT2D eigenvalue weighted by molar-refractivity contribution is -0.192. The number of halogens is 3. The van der Waals surface area contributed by atoms with E-state index in [1.54, 1.807) is 6.33 Å². The number of ether oxygens (including phenoxy) is 1. The van der Waals surface area contributed by atoms with Gasteiger partial charge in [-0.25, -0.2) is 9.78 Å². The quantitative estimate of drug-likeness (QED) is 0.348. The van der Waals surface area contributed by atoms with Crippen LogP contribution in [-0.4, -0.2) is 111 Å². The summed E-state index contributed by atoms with van der Waals surface area (Å²) in [6.07, 6.45) is 0.0353. The van der Waals surface area contributed by atoms with Gasteiger partial charge < -0.3 is 34.6 Å². The molecule has 0 bridgehead atoms. The number of aliphatic hydroxyl groups is 1. The molecule has 2 aliphatic heterocycles. The van der Waals surface area contributed by atoms with Crippen LogP contribution in [0.15, 0.2) is 67.0 Å². The van der Waals surface area contributed by atoms with E-state index in [0.717, 1.165) is 43.6 Å². The van der Waals surface area contributed by atoms with Crippen molar-refractivity contribution in [3.8, 4) is 11.3 Å². The molecule has 0 radical (unpaired) electrons. The molecule has 3 N–H and O–H groups in total. The first-order valence-electron chi connectivity index (χ1n) is 16.0. The zero-order valence-corrected chi connectivity index (χ0v) is 26.4. The Morgan fingerprint density at radius 1 is 1.02 bits per heavy atom. The minimum atomic E-state index is -5.08. The molecule has 1 saturated carbocycles. The van der Waals surface area contributed by atoms with Crippen LogP contribution >= 0.6 is 0 Å². The van der Waals surface area contributed by atoms with Gasteiger partial charge in [0.1, 0.15) is 6.61 Å². The van der Waals surface area contributed by atoms with Gasteiger partial charge in [-0.1, -0.05) is 60.7 Å². The molecule has 2 saturated heterocycles. The van der Waals surface area contributed by atoms with Gasteiger partial charge in [0.2, 0.25) is 5.91 Å². The van der Waals surface area contributed by atoms with Gasteiger partial charge >= 0.3 is 12.1 Å². The van der Waals surface area contributed by atoms with Gasteiger partial charge in [-0.3, -0.25) is 9.59 Å². The van der Waals surface area contributed by atoms with Gasteiger partial charge in [-0.05, 0) is 37.7 Å². The number of carboxylic acids is 1. The Morgan fingerprint density at radius 2 is 1.67 bits per heavy atom. The second-order valence-corrected chi connectivity index (χ2v) is 12.4. The molecule has 1 aromatic heterocycles. The Bertz CT molecular complexity index is 1540. The van der Waals surface area contributed by atoms with Crippen LogP contribution in [0.25, 0.3) is 11.3 Å². The number of carbonyl (C=O) groups is 3. The fourth-order valence-corrected chi connectivity index (χ4v) is 6.63. The number of hydrogen-bond donors (Lipinski definition) is 3. The molecule has 48 heavy (non-hydrogen) atoms. The van der Waals surface area contributed by atoms with E-state index in [1.807, 2.05) is 62.9 Å². The van der Waals surface area contributed by atoms with E-state index in [4.69, 9.17) is 14.6 Å². The van der Waals surface area contributed by atoms with Gasteiger partial charge in [-0.15, -0.1) is 0 Å². The largest absolute Gasteiger partial charge is 0.490 e. The second-order valence-electron chi connectivity index (χ2n) is 12.4. The second kappa shape index (κ2) is 15.3. The van der Waals surface area contributed by atoms with Crippen LogP contribution in [0, 0.1) is 0 Å². The van der Waals surface area contributed by atoms with Crippen molar-refractivity contribution in [1.82, 2.24) is 24.7 Å². The number of rotatable bonds is 7.